The van der Waals surface area contributed by atoms with Gasteiger partial charge in [0.2, 0.25) is 0 Å². The molecule has 0 aliphatic rings. The molecule has 0 aliphatic carbocycles. The number of benzene rings is 2. The molecule has 20 heavy (non-hydrogen) atoms. The zero-order valence-corrected chi connectivity index (χ0v) is 13.8. The van der Waals surface area contributed by atoms with E-state index in [1.54, 1.807) is 18.2 Å². The van der Waals surface area contributed by atoms with Crippen molar-refractivity contribution >= 4 is 37.6 Å². The second-order valence-electron chi connectivity index (χ2n) is 4.04. The molecule has 0 radical (unpaired) electrons. The maximum absolute atomic E-state index is 13.2. The summed E-state index contributed by atoms with van der Waals surface area (Å²) in [5, 5.41) is 0. The Hall–Kier alpha value is -1.20. The van der Waals surface area contributed by atoms with E-state index in [4.69, 9.17) is 4.74 Å². The fourth-order valence-corrected chi connectivity index (χ4v) is 2.59. The highest BCUT2D eigenvalue weighted by atomic mass is 79.9. The van der Waals surface area contributed by atoms with Crippen molar-refractivity contribution in [2.24, 2.45) is 0 Å². The van der Waals surface area contributed by atoms with Crippen LogP contribution < -0.4 is 4.74 Å². The SMILES string of the molecule is CCOc1ccc(C(=O)c2ccc(F)c(Br)c2)cc1Br. The quantitative estimate of drug-likeness (QED) is 0.675. The van der Waals surface area contributed by atoms with E-state index in [2.05, 4.69) is 31.9 Å². The van der Waals surface area contributed by atoms with E-state index in [9.17, 15) is 9.18 Å². The number of halogens is 3. The highest BCUT2D eigenvalue weighted by Gasteiger charge is 2.13. The van der Waals surface area contributed by atoms with Crippen LogP contribution in [0.25, 0.3) is 0 Å². The number of ether oxygens (including phenoxy) is 1. The molecule has 104 valence electrons. The van der Waals surface area contributed by atoms with Crippen LogP contribution in [-0.4, -0.2) is 12.4 Å². The Balaban J connectivity index is 2.33. The summed E-state index contributed by atoms with van der Waals surface area (Å²) in [7, 11) is 0. The summed E-state index contributed by atoms with van der Waals surface area (Å²) in [6, 6.07) is 9.33. The lowest BCUT2D eigenvalue weighted by Crippen LogP contribution is -2.02. The van der Waals surface area contributed by atoms with Crippen molar-refractivity contribution in [3.63, 3.8) is 0 Å². The number of carbonyl (C=O) groups excluding carboxylic acids is 1. The number of carbonyl (C=O) groups is 1. The topological polar surface area (TPSA) is 26.3 Å². The van der Waals surface area contributed by atoms with Crippen LogP contribution in [-0.2, 0) is 0 Å². The summed E-state index contributed by atoms with van der Waals surface area (Å²) in [4.78, 5) is 12.3. The number of hydrogen-bond donors (Lipinski definition) is 0. The van der Waals surface area contributed by atoms with Gasteiger partial charge in [-0.15, -0.1) is 0 Å². The molecule has 0 saturated heterocycles. The first-order valence-corrected chi connectivity index (χ1v) is 7.53. The maximum Gasteiger partial charge on any atom is 0.193 e. The molecule has 2 nitrogen and oxygen atoms in total. The van der Waals surface area contributed by atoms with Crippen molar-refractivity contribution in [1.29, 1.82) is 0 Å². The van der Waals surface area contributed by atoms with Gasteiger partial charge in [0.05, 0.1) is 15.6 Å². The standard InChI is InChI=1S/C15H11Br2FO2/c1-2-20-14-6-4-10(8-12(14)17)15(19)9-3-5-13(18)11(16)7-9/h3-8H,2H2,1H3. The fourth-order valence-electron chi connectivity index (χ4n) is 1.72. The predicted molar refractivity (Wildman–Crippen MR) is 82.8 cm³/mol. The largest absolute Gasteiger partial charge is 0.493 e. The van der Waals surface area contributed by atoms with Gasteiger partial charge < -0.3 is 4.74 Å². The van der Waals surface area contributed by atoms with Crippen molar-refractivity contribution in [2.75, 3.05) is 6.61 Å². The van der Waals surface area contributed by atoms with Gasteiger partial charge in [-0.05, 0) is 75.2 Å². The Kier molecular flexibility index (Phi) is 4.94. The Morgan fingerprint density at radius 2 is 1.70 bits per heavy atom. The minimum Gasteiger partial charge on any atom is -0.493 e. The number of hydrogen-bond acceptors (Lipinski definition) is 2. The van der Waals surface area contributed by atoms with E-state index < -0.39 is 5.82 Å². The molecular weight excluding hydrogens is 391 g/mol. The summed E-state index contributed by atoms with van der Waals surface area (Å²) < 4.78 is 19.6. The van der Waals surface area contributed by atoms with Crippen LogP contribution in [0.3, 0.4) is 0 Å². The molecule has 2 aromatic rings. The third kappa shape index (κ3) is 3.27. The fraction of sp³-hybridized carbons (Fsp3) is 0.133. The molecule has 0 aromatic heterocycles. The van der Waals surface area contributed by atoms with Gasteiger partial charge in [0.1, 0.15) is 11.6 Å². The third-order valence-electron chi connectivity index (χ3n) is 2.68. The van der Waals surface area contributed by atoms with Crippen molar-refractivity contribution in [2.45, 2.75) is 6.92 Å². The lowest BCUT2D eigenvalue weighted by atomic mass is 10.0. The van der Waals surface area contributed by atoms with Gasteiger partial charge in [0.15, 0.2) is 5.78 Å². The molecule has 0 fully saturated rings. The lowest BCUT2D eigenvalue weighted by Gasteiger charge is -2.08. The van der Waals surface area contributed by atoms with Gasteiger partial charge >= 0.3 is 0 Å². The van der Waals surface area contributed by atoms with E-state index in [0.717, 1.165) is 0 Å². The molecule has 0 atom stereocenters. The Morgan fingerprint density at radius 3 is 2.25 bits per heavy atom. The van der Waals surface area contributed by atoms with Crippen molar-refractivity contribution in [1.82, 2.24) is 0 Å². The molecule has 0 unspecified atom stereocenters. The van der Waals surface area contributed by atoms with Gasteiger partial charge in [-0.3, -0.25) is 4.79 Å². The van der Waals surface area contributed by atoms with Crippen LogP contribution in [0.1, 0.15) is 22.8 Å². The molecule has 0 heterocycles. The van der Waals surface area contributed by atoms with E-state index in [-0.39, 0.29) is 10.3 Å². The van der Waals surface area contributed by atoms with Crippen LogP contribution in [0.15, 0.2) is 45.3 Å². The van der Waals surface area contributed by atoms with E-state index in [1.807, 2.05) is 6.92 Å². The van der Waals surface area contributed by atoms with Crippen molar-refractivity contribution in [3.05, 3.63) is 62.3 Å². The second kappa shape index (κ2) is 6.50. The average molecular weight is 402 g/mol. The normalized spacial score (nSPS) is 10.4. The van der Waals surface area contributed by atoms with Crippen LogP contribution in [0.2, 0.25) is 0 Å². The van der Waals surface area contributed by atoms with Crippen LogP contribution in [0.4, 0.5) is 4.39 Å². The Morgan fingerprint density at radius 1 is 1.10 bits per heavy atom. The first-order valence-electron chi connectivity index (χ1n) is 5.95. The van der Waals surface area contributed by atoms with Crippen LogP contribution >= 0.6 is 31.9 Å². The van der Waals surface area contributed by atoms with Gasteiger partial charge in [-0.1, -0.05) is 0 Å². The molecule has 0 spiro atoms. The molecule has 2 aromatic carbocycles. The summed E-state index contributed by atoms with van der Waals surface area (Å²) in [5.74, 6) is 0.119. The van der Waals surface area contributed by atoms with Crippen molar-refractivity contribution < 1.29 is 13.9 Å². The number of rotatable bonds is 4. The molecule has 0 aliphatic heterocycles. The highest BCUT2D eigenvalue weighted by molar-refractivity contribution is 9.10. The van der Waals surface area contributed by atoms with Gasteiger partial charge in [-0.2, -0.15) is 0 Å². The summed E-state index contributed by atoms with van der Waals surface area (Å²) >= 11 is 6.45. The molecule has 0 N–H and O–H groups in total. The molecule has 2 rings (SSSR count). The second-order valence-corrected chi connectivity index (χ2v) is 5.74. The van der Waals surface area contributed by atoms with Gasteiger partial charge in [0.25, 0.3) is 0 Å². The van der Waals surface area contributed by atoms with E-state index in [0.29, 0.717) is 28.0 Å². The Labute approximate surface area is 133 Å². The molecular formula is C15H11Br2FO2. The molecule has 0 saturated carbocycles. The van der Waals surface area contributed by atoms with Crippen LogP contribution in [0, 0.1) is 5.82 Å². The highest BCUT2D eigenvalue weighted by Crippen LogP contribution is 2.27. The van der Waals surface area contributed by atoms with Gasteiger partial charge in [0, 0.05) is 11.1 Å². The average Bonchev–Trinajstić information content (AvgIpc) is 2.43. The summed E-state index contributed by atoms with van der Waals surface area (Å²) in [5.41, 5.74) is 0.938. The van der Waals surface area contributed by atoms with E-state index in [1.165, 1.54) is 18.2 Å². The van der Waals surface area contributed by atoms with Gasteiger partial charge in [-0.25, -0.2) is 4.39 Å². The Bertz CT molecular complexity index is 656. The first-order chi connectivity index (χ1) is 9.52. The zero-order chi connectivity index (χ0) is 14.7. The molecule has 0 amide bonds. The zero-order valence-electron chi connectivity index (χ0n) is 10.6. The summed E-state index contributed by atoms with van der Waals surface area (Å²) in [6.45, 7) is 2.44. The summed E-state index contributed by atoms with van der Waals surface area (Å²) in [6.07, 6.45) is 0. The minimum atomic E-state index is -0.394. The smallest absolute Gasteiger partial charge is 0.193 e. The molecule has 5 heteroatoms. The number of ketones is 1. The van der Waals surface area contributed by atoms with Crippen LogP contribution in [0.5, 0.6) is 5.75 Å². The van der Waals surface area contributed by atoms with Crippen molar-refractivity contribution in [3.8, 4) is 5.75 Å². The molecule has 0 bridgehead atoms. The lowest BCUT2D eigenvalue weighted by molar-refractivity contribution is 0.103. The predicted octanol–water partition coefficient (Wildman–Crippen LogP) is 4.98. The maximum atomic E-state index is 13.2. The minimum absolute atomic E-state index is 0.172. The third-order valence-corrected chi connectivity index (χ3v) is 3.90. The van der Waals surface area contributed by atoms with E-state index >= 15 is 0 Å². The first kappa shape index (κ1) is 15.2. The monoisotopic (exact) mass is 400 g/mol.